The largest absolute Gasteiger partial charge is 0.503 e. The van der Waals surface area contributed by atoms with Crippen LogP contribution in [-0.2, 0) is 4.79 Å². The molecule has 0 saturated carbocycles. The number of halogens is 1. The van der Waals surface area contributed by atoms with Crippen LogP contribution in [0.5, 0.6) is 11.5 Å². The predicted molar refractivity (Wildman–Crippen MR) is 143 cm³/mol. The van der Waals surface area contributed by atoms with Gasteiger partial charge in [0.05, 0.1) is 37.0 Å². The number of Topliss-reactive ketones (excluding diaryl/α,β-unsaturated/α-hetero) is 1. The van der Waals surface area contributed by atoms with E-state index >= 15 is 0 Å². The molecule has 2 heterocycles. The Morgan fingerprint density at radius 3 is 2.55 bits per heavy atom. The summed E-state index contributed by atoms with van der Waals surface area (Å²) < 4.78 is 17.8. The van der Waals surface area contributed by atoms with E-state index in [0.29, 0.717) is 45.9 Å². The minimum Gasteiger partial charge on any atom is -0.503 e. The Morgan fingerprint density at radius 1 is 1.11 bits per heavy atom. The number of aliphatic hydroxyl groups is 1. The smallest absolute Gasteiger partial charge is 0.294 e. The summed E-state index contributed by atoms with van der Waals surface area (Å²) >= 11 is 3.41. The molecule has 0 fully saturated rings. The number of nitriles is 1. The Labute approximate surface area is 226 Å². The third-order valence-electron chi connectivity index (χ3n) is 6.23. The average molecular weight is 573 g/mol. The van der Waals surface area contributed by atoms with Gasteiger partial charge < -0.3 is 19.0 Å². The molecule has 1 unspecified atom stereocenters. The lowest BCUT2D eigenvalue weighted by molar-refractivity contribution is -0.117. The van der Waals surface area contributed by atoms with E-state index in [1.165, 1.54) is 12.0 Å². The van der Waals surface area contributed by atoms with E-state index in [0.717, 1.165) is 4.47 Å². The van der Waals surface area contributed by atoms with Crippen LogP contribution < -0.4 is 14.4 Å². The highest BCUT2D eigenvalue weighted by Crippen LogP contribution is 2.44. The predicted octanol–water partition coefficient (Wildman–Crippen LogP) is 6.26. The summed E-state index contributed by atoms with van der Waals surface area (Å²) in [6.07, 6.45) is 0. The van der Waals surface area contributed by atoms with Crippen molar-refractivity contribution in [2.45, 2.75) is 13.0 Å². The minimum atomic E-state index is -1.01. The molecule has 38 heavy (non-hydrogen) atoms. The number of ether oxygens (including phenoxy) is 2. The van der Waals surface area contributed by atoms with Gasteiger partial charge in [0.2, 0.25) is 5.78 Å². The molecular weight excluding hydrogens is 552 g/mol. The van der Waals surface area contributed by atoms with Gasteiger partial charge in [-0.2, -0.15) is 5.26 Å². The average Bonchev–Trinajstić information content (AvgIpc) is 3.46. The van der Waals surface area contributed by atoms with E-state index in [1.807, 2.05) is 19.1 Å². The van der Waals surface area contributed by atoms with E-state index in [-0.39, 0.29) is 11.3 Å². The molecule has 8 nitrogen and oxygen atoms in total. The third kappa shape index (κ3) is 4.29. The van der Waals surface area contributed by atoms with E-state index in [1.54, 1.807) is 60.7 Å². The molecule has 1 N–H and O–H groups in total. The molecule has 1 aromatic heterocycles. The summed E-state index contributed by atoms with van der Waals surface area (Å²) in [4.78, 5) is 28.6. The van der Waals surface area contributed by atoms with Crippen molar-refractivity contribution in [1.29, 1.82) is 5.26 Å². The standard InChI is InChI=1S/C29H21BrN2O6/c1-3-37-23-13-17(6-10-22(23)36-2)26-25(27(33)24-14-18-12-19(30)7-11-21(18)38-24)28(34)29(35)32(26)20-8-4-16(15-31)5-9-20/h4-14,26,34H,3H2,1-2H3. The van der Waals surface area contributed by atoms with Gasteiger partial charge in [-0.3, -0.25) is 14.5 Å². The van der Waals surface area contributed by atoms with Crippen LogP contribution >= 0.6 is 15.9 Å². The number of furan rings is 1. The van der Waals surface area contributed by atoms with E-state index in [2.05, 4.69) is 15.9 Å². The molecule has 190 valence electrons. The number of carbonyl (C=O) groups is 2. The van der Waals surface area contributed by atoms with Crippen molar-refractivity contribution < 1.29 is 28.6 Å². The number of rotatable bonds is 7. The maximum Gasteiger partial charge on any atom is 0.294 e. The molecule has 0 aliphatic carbocycles. The highest BCUT2D eigenvalue weighted by Gasteiger charge is 2.45. The van der Waals surface area contributed by atoms with Crippen molar-refractivity contribution in [1.82, 2.24) is 0 Å². The lowest BCUT2D eigenvalue weighted by Crippen LogP contribution is -2.31. The fourth-order valence-electron chi connectivity index (χ4n) is 4.51. The zero-order valence-corrected chi connectivity index (χ0v) is 22.0. The third-order valence-corrected chi connectivity index (χ3v) is 6.73. The first-order chi connectivity index (χ1) is 18.4. The van der Waals surface area contributed by atoms with Gasteiger partial charge in [-0.05, 0) is 73.2 Å². The van der Waals surface area contributed by atoms with Crippen LogP contribution in [0.1, 0.15) is 34.6 Å². The number of amides is 1. The van der Waals surface area contributed by atoms with E-state index in [4.69, 9.17) is 13.9 Å². The van der Waals surface area contributed by atoms with Crippen LogP contribution in [0.15, 0.2) is 87.0 Å². The van der Waals surface area contributed by atoms with Crippen molar-refractivity contribution >= 4 is 44.3 Å². The fraction of sp³-hybridized carbons (Fsp3) is 0.138. The number of benzene rings is 3. The molecule has 1 atom stereocenters. The number of anilines is 1. The lowest BCUT2D eigenvalue weighted by Gasteiger charge is -2.27. The minimum absolute atomic E-state index is 0.0160. The van der Waals surface area contributed by atoms with Crippen molar-refractivity contribution in [2.24, 2.45) is 0 Å². The Balaban J connectivity index is 1.67. The molecule has 0 bridgehead atoms. The molecule has 1 aliphatic heterocycles. The number of carbonyl (C=O) groups excluding carboxylic acids is 2. The van der Waals surface area contributed by atoms with Crippen molar-refractivity contribution in [3.63, 3.8) is 0 Å². The maximum atomic E-state index is 13.9. The highest BCUT2D eigenvalue weighted by molar-refractivity contribution is 9.10. The van der Waals surface area contributed by atoms with Gasteiger partial charge in [-0.15, -0.1) is 0 Å². The van der Waals surface area contributed by atoms with Gasteiger partial charge in [0.25, 0.3) is 5.91 Å². The van der Waals surface area contributed by atoms with Crippen LogP contribution in [0.4, 0.5) is 5.69 Å². The van der Waals surface area contributed by atoms with Gasteiger partial charge in [0.1, 0.15) is 5.58 Å². The van der Waals surface area contributed by atoms with Gasteiger partial charge in [0.15, 0.2) is 23.0 Å². The number of methoxy groups -OCH3 is 1. The first kappa shape index (κ1) is 25.1. The van der Waals surface area contributed by atoms with Crippen molar-refractivity contribution in [2.75, 3.05) is 18.6 Å². The first-order valence-electron chi connectivity index (χ1n) is 11.7. The van der Waals surface area contributed by atoms with Gasteiger partial charge >= 0.3 is 0 Å². The molecule has 0 saturated heterocycles. The highest BCUT2D eigenvalue weighted by atomic mass is 79.9. The van der Waals surface area contributed by atoms with Gasteiger partial charge in [-0.1, -0.05) is 22.0 Å². The normalized spacial score (nSPS) is 15.2. The zero-order chi connectivity index (χ0) is 27.0. The van der Waals surface area contributed by atoms with Crippen molar-refractivity contribution in [3.8, 4) is 17.6 Å². The monoisotopic (exact) mass is 572 g/mol. The van der Waals surface area contributed by atoms with Crippen LogP contribution in [0, 0.1) is 11.3 Å². The summed E-state index contributed by atoms with van der Waals surface area (Å²) in [5.41, 5.74) is 1.67. The summed E-state index contributed by atoms with van der Waals surface area (Å²) in [7, 11) is 1.51. The molecule has 1 amide bonds. The molecular formula is C29H21BrN2O6. The number of fused-ring (bicyclic) bond motifs is 1. The Morgan fingerprint density at radius 2 is 1.87 bits per heavy atom. The zero-order valence-electron chi connectivity index (χ0n) is 20.4. The number of hydrogen-bond acceptors (Lipinski definition) is 7. The number of hydrogen-bond donors (Lipinski definition) is 1. The van der Waals surface area contributed by atoms with Crippen LogP contribution in [-0.4, -0.2) is 30.5 Å². The topological polar surface area (TPSA) is 113 Å². The Hall–Kier alpha value is -4.55. The van der Waals surface area contributed by atoms with Gasteiger partial charge in [-0.25, -0.2) is 0 Å². The quantitative estimate of drug-likeness (QED) is 0.260. The molecule has 3 aromatic carbocycles. The second kappa shape index (κ2) is 10.1. The first-order valence-corrected chi connectivity index (χ1v) is 12.5. The van der Waals surface area contributed by atoms with Crippen LogP contribution in [0.25, 0.3) is 11.0 Å². The van der Waals surface area contributed by atoms with Crippen molar-refractivity contribution in [3.05, 3.63) is 99.4 Å². The fourth-order valence-corrected chi connectivity index (χ4v) is 4.88. The molecule has 4 aromatic rings. The SMILES string of the molecule is CCOc1cc(C2C(C(=O)c3cc4cc(Br)ccc4o3)=C(O)C(=O)N2c2ccc(C#N)cc2)ccc1OC. The summed E-state index contributed by atoms with van der Waals surface area (Å²) in [6.45, 7) is 2.19. The molecule has 1 aliphatic rings. The van der Waals surface area contributed by atoms with Crippen LogP contribution in [0.2, 0.25) is 0 Å². The van der Waals surface area contributed by atoms with E-state index in [9.17, 15) is 20.0 Å². The second-order valence-electron chi connectivity index (χ2n) is 8.46. The number of nitrogens with zero attached hydrogens (tertiary/aromatic N) is 2. The summed E-state index contributed by atoms with van der Waals surface area (Å²) in [6, 6.07) is 19.3. The van der Waals surface area contributed by atoms with E-state index < -0.39 is 23.5 Å². The Kier molecular flexibility index (Phi) is 6.66. The maximum absolute atomic E-state index is 13.9. The van der Waals surface area contributed by atoms with Crippen LogP contribution in [0.3, 0.4) is 0 Å². The number of aliphatic hydroxyl groups excluding tert-OH is 1. The van der Waals surface area contributed by atoms with Gasteiger partial charge in [0, 0.05) is 15.5 Å². The molecule has 9 heteroatoms. The Bertz CT molecular complexity index is 1650. The summed E-state index contributed by atoms with van der Waals surface area (Å²) in [5.74, 6) is -1.17. The number of ketones is 1. The molecule has 5 rings (SSSR count). The lowest BCUT2D eigenvalue weighted by atomic mass is 9.94. The second-order valence-corrected chi connectivity index (χ2v) is 9.38. The molecule has 0 spiro atoms. The molecule has 0 radical (unpaired) electrons. The summed E-state index contributed by atoms with van der Waals surface area (Å²) in [5, 5.41) is 21.0.